The van der Waals surface area contributed by atoms with Gasteiger partial charge in [-0.1, -0.05) is 6.07 Å². The topological polar surface area (TPSA) is 34.4 Å². The summed E-state index contributed by atoms with van der Waals surface area (Å²) >= 11 is 0. The smallest absolute Gasteiger partial charge is 0.263 e. The molecule has 2 aromatic heterocycles. The van der Waals surface area contributed by atoms with Crippen molar-refractivity contribution in [1.29, 1.82) is 0 Å². The average Bonchev–Trinajstić information content (AvgIpc) is 2.29. The second kappa shape index (κ2) is 4.16. The van der Waals surface area contributed by atoms with Gasteiger partial charge in [-0.15, -0.1) is 35.0 Å². The molecule has 0 amide bonds. The first-order valence-corrected chi connectivity index (χ1v) is 4.63. The largest absolute Gasteiger partial charge is 0.348 e. The van der Waals surface area contributed by atoms with Crippen LogP contribution < -0.4 is 5.56 Å². The van der Waals surface area contributed by atoms with Crippen molar-refractivity contribution in [3.63, 3.8) is 0 Å². The van der Waals surface area contributed by atoms with Gasteiger partial charge >= 0.3 is 0 Å². The van der Waals surface area contributed by atoms with Gasteiger partial charge in [0.05, 0.1) is 5.65 Å². The van der Waals surface area contributed by atoms with Crippen LogP contribution in [0.1, 0.15) is 0 Å². The Morgan fingerprint density at radius 1 is 1.19 bits per heavy atom. The normalized spacial score (nSPS) is 10.2. The quantitative estimate of drug-likeness (QED) is 0.434. The van der Waals surface area contributed by atoms with Crippen molar-refractivity contribution in [1.82, 2.24) is 9.38 Å². The predicted octanol–water partition coefficient (Wildman–Crippen LogP) is 1.65. The zero-order chi connectivity index (χ0) is 10.3. The fourth-order valence-electron chi connectivity index (χ4n) is 1.66. The maximum Gasteiger partial charge on any atom is 0.263 e. The minimum absolute atomic E-state index is 0. The van der Waals surface area contributed by atoms with E-state index >= 15 is 0 Å². The summed E-state index contributed by atoms with van der Waals surface area (Å²) in [5, 5.41) is 1.91. The van der Waals surface area contributed by atoms with Crippen molar-refractivity contribution >= 4 is 16.4 Å². The van der Waals surface area contributed by atoms with Gasteiger partial charge in [-0.25, -0.2) is 4.98 Å². The molecule has 0 unspecified atom stereocenters. The van der Waals surface area contributed by atoms with Gasteiger partial charge in [-0.05, 0) is 6.20 Å². The fraction of sp³-hybridized carbons (Fsp3) is 0. The number of pyridine rings is 1. The van der Waals surface area contributed by atoms with E-state index in [1.165, 1.54) is 6.07 Å². The monoisotopic (exact) mass is 388 g/mol. The summed E-state index contributed by atoms with van der Waals surface area (Å²) in [4.78, 5) is 15.2. The average molecular weight is 387 g/mol. The number of hydrogen-bond acceptors (Lipinski definition) is 2. The summed E-state index contributed by atoms with van der Waals surface area (Å²) in [5.74, 6) is 0. The standard InChI is InChI=1S/C12H7N2O.Ir/c15-11-6-8-14-7-5-9-3-1-2-4-10(9)12(14)13-11;/h1-3,5-8H;/q-1;. The molecular formula is C12H7IrN2O-. The van der Waals surface area contributed by atoms with Crippen molar-refractivity contribution in [3.05, 3.63) is 59.1 Å². The number of hydrogen-bond donors (Lipinski definition) is 0. The molecule has 0 saturated heterocycles. The molecule has 0 fully saturated rings. The maximum atomic E-state index is 11.2. The summed E-state index contributed by atoms with van der Waals surface area (Å²) in [6.45, 7) is 0. The van der Waals surface area contributed by atoms with Crippen molar-refractivity contribution in [3.8, 4) is 0 Å². The van der Waals surface area contributed by atoms with E-state index in [2.05, 4.69) is 11.1 Å². The molecule has 0 aliphatic heterocycles. The van der Waals surface area contributed by atoms with E-state index < -0.39 is 0 Å². The molecule has 16 heavy (non-hydrogen) atoms. The third kappa shape index (κ3) is 1.66. The van der Waals surface area contributed by atoms with E-state index in [1.54, 1.807) is 6.20 Å². The van der Waals surface area contributed by atoms with Gasteiger partial charge < -0.3 is 4.40 Å². The number of aromatic nitrogens is 2. The zero-order valence-electron chi connectivity index (χ0n) is 8.18. The van der Waals surface area contributed by atoms with Crippen LogP contribution in [0.5, 0.6) is 0 Å². The molecule has 0 atom stereocenters. The van der Waals surface area contributed by atoms with E-state index in [-0.39, 0.29) is 25.7 Å². The molecule has 3 nitrogen and oxygen atoms in total. The number of benzene rings is 1. The van der Waals surface area contributed by atoms with Gasteiger partial charge in [-0.2, -0.15) is 0 Å². The van der Waals surface area contributed by atoms with E-state index in [0.29, 0.717) is 5.65 Å². The molecule has 0 N–H and O–H groups in total. The SMILES string of the molecule is O=c1ccn2ccc3ccc[c-]c3c2n1.[Ir]. The molecule has 0 bridgehead atoms. The summed E-state index contributed by atoms with van der Waals surface area (Å²) in [6.07, 6.45) is 3.60. The van der Waals surface area contributed by atoms with Crippen LogP contribution in [0.4, 0.5) is 0 Å². The van der Waals surface area contributed by atoms with Crippen molar-refractivity contribution < 1.29 is 20.1 Å². The molecule has 1 radical (unpaired) electrons. The fourth-order valence-corrected chi connectivity index (χ4v) is 1.66. The van der Waals surface area contributed by atoms with Gasteiger partial charge in [0, 0.05) is 32.4 Å². The van der Waals surface area contributed by atoms with Crippen LogP contribution in [0, 0.1) is 6.07 Å². The first kappa shape index (κ1) is 11.0. The Bertz CT molecular complexity index is 706. The van der Waals surface area contributed by atoms with Gasteiger partial charge in [-0.3, -0.25) is 4.79 Å². The van der Waals surface area contributed by atoms with Crippen LogP contribution in [-0.4, -0.2) is 9.38 Å². The zero-order valence-corrected chi connectivity index (χ0v) is 10.6. The van der Waals surface area contributed by atoms with Gasteiger partial charge in [0.1, 0.15) is 0 Å². The van der Waals surface area contributed by atoms with Crippen molar-refractivity contribution in [2.75, 3.05) is 0 Å². The van der Waals surface area contributed by atoms with Gasteiger partial charge in [0.15, 0.2) is 0 Å². The Morgan fingerprint density at radius 3 is 2.88 bits per heavy atom. The maximum absolute atomic E-state index is 11.2. The van der Waals surface area contributed by atoms with Crippen molar-refractivity contribution in [2.24, 2.45) is 0 Å². The Hall–Kier alpha value is -1.51. The predicted molar refractivity (Wildman–Crippen MR) is 57.8 cm³/mol. The second-order valence-corrected chi connectivity index (χ2v) is 3.31. The van der Waals surface area contributed by atoms with E-state index in [0.717, 1.165) is 10.8 Å². The first-order chi connectivity index (χ1) is 7.34. The molecule has 0 saturated carbocycles. The first-order valence-electron chi connectivity index (χ1n) is 4.63. The molecule has 0 spiro atoms. The summed E-state index contributed by atoms with van der Waals surface area (Å²) in [7, 11) is 0. The van der Waals surface area contributed by atoms with Gasteiger partial charge in [0.25, 0.3) is 5.56 Å². The number of fused-ring (bicyclic) bond motifs is 3. The third-order valence-electron chi connectivity index (χ3n) is 2.37. The molecule has 0 aliphatic rings. The third-order valence-corrected chi connectivity index (χ3v) is 2.37. The minimum atomic E-state index is -0.222. The van der Waals surface area contributed by atoms with Crippen LogP contribution in [0.3, 0.4) is 0 Å². The molecule has 3 aromatic rings. The molecule has 4 heteroatoms. The summed E-state index contributed by atoms with van der Waals surface area (Å²) < 4.78 is 1.82. The number of nitrogens with zero attached hydrogens (tertiary/aromatic N) is 2. The van der Waals surface area contributed by atoms with Crippen LogP contribution in [-0.2, 0) is 20.1 Å². The minimum Gasteiger partial charge on any atom is -0.348 e. The van der Waals surface area contributed by atoms with Gasteiger partial charge in [0.2, 0.25) is 0 Å². The van der Waals surface area contributed by atoms with E-state index in [9.17, 15) is 4.79 Å². The molecule has 2 heterocycles. The summed E-state index contributed by atoms with van der Waals surface area (Å²) in [6, 6.07) is 12.2. The van der Waals surface area contributed by atoms with Crippen molar-refractivity contribution in [2.45, 2.75) is 0 Å². The Morgan fingerprint density at radius 2 is 2.00 bits per heavy atom. The molecule has 0 aliphatic carbocycles. The van der Waals surface area contributed by atoms with Crippen LogP contribution in [0.25, 0.3) is 16.4 Å². The Labute approximate surface area is 105 Å². The van der Waals surface area contributed by atoms with Crippen LogP contribution >= 0.6 is 0 Å². The Kier molecular flexibility index (Phi) is 2.86. The van der Waals surface area contributed by atoms with Crippen LogP contribution in [0.2, 0.25) is 0 Å². The van der Waals surface area contributed by atoms with E-state index in [4.69, 9.17) is 0 Å². The van der Waals surface area contributed by atoms with Crippen LogP contribution in [0.15, 0.2) is 47.5 Å². The summed E-state index contributed by atoms with van der Waals surface area (Å²) in [5.41, 5.74) is 0.431. The van der Waals surface area contributed by atoms with E-state index in [1.807, 2.05) is 34.9 Å². The number of rotatable bonds is 0. The molecule has 81 valence electrons. The Balaban J connectivity index is 0.000000963. The molecule has 1 aromatic carbocycles. The molecule has 3 rings (SSSR count). The second-order valence-electron chi connectivity index (χ2n) is 3.31. The molecular weight excluding hydrogens is 380 g/mol.